The fourth-order valence-corrected chi connectivity index (χ4v) is 5.86. The van der Waals surface area contributed by atoms with Gasteiger partial charge < -0.3 is 10.0 Å². The number of benzene rings is 4. The van der Waals surface area contributed by atoms with E-state index in [-0.39, 0.29) is 11.4 Å². The van der Waals surface area contributed by atoms with Gasteiger partial charge in [-0.15, -0.1) is 0 Å². The third kappa shape index (κ3) is 6.82. The number of anilines is 1. The van der Waals surface area contributed by atoms with Crippen molar-refractivity contribution in [2.75, 3.05) is 17.4 Å². The Morgan fingerprint density at radius 2 is 1.19 bits per heavy atom. The lowest BCUT2D eigenvalue weighted by molar-refractivity contribution is -0.930. The lowest BCUT2D eigenvalue weighted by atomic mass is 10.1. The van der Waals surface area contributed by atoms with Crippen LogP contribution in [0.15, 0.2) is 120 Å². The average Bonchev–Trinajstić information content (AvgIpc) is 2.89. The summed E-state index contributed by atoms with van der Waals surface area (Å²) in [6, 6.07) is 36.1. The summed E-state index contributed by atoms with van der Waals surface area (Å²) in [6.45, 7) is 3.78. The minimum absolute atomic E-state index is 0.0344. The van der Waals surface area contributed by atoms with Gasteiger partial charge in [0, 0.05) is 11.1 Å². The van der Waals surface area contributed by atoms with E-state index in [1.807, 2.05) is 55.5 Å². The van der Waals surface area contributed by atoms with Gasteiger partial charge >= 0.3 is 0 Å². The van der Waals surface area contributed by atoms with E-state index < -0.39 is 16.1 Å². The smallest absolute Gasteiger partial charge is 0.264 e. The van der Waals surface area contributed by atoms with Crippen molar-refractivity contribution in [2.45, 2.75) is 31.0 Å². The van der Waals surface area contributed by atoms with Crippen molar-refractivity contribution in [1.82, 2.24) is 0 Å². The molecule has 1 atom stereocenters. The second-order valence-electron chi connectivity index (χ2n) is 9.12. The maximum absolute atomic E-state index is 13.6. The van der Waals surface area contributed by atoms with Gasteiger partial charge in [0.05, 0.1) is 17.1 Å². The molecule has 0 aromatic heterocycles. The summed E-state index contributed by atoms with van der Waals surface area (Å²) in [5, 5.41) is 11.2. The monoisotopic (exact) mass is 501 g/mol. The molecule has 1 unspecified atom stereocenters. The van der Waals surface area contributed by atoms with Crippen molar-refractivity contribution in [3.05, 3.63) is 132 Å². The van der Waals surface area contributed by atoms with E-state index in [0.717, 1.165) is 23.6 Å². The van der Waals surface area contributed by atoms with Gasteiger partial charge in [0.25, 0.3) is 10.0 Å². The van der Waals surface area contributed by atoms with E-state index in [2.05, 4.69) is 24.3 Å². The molecule has 0 amide bonds. The third-order valence-electron chi connectivity index (χ3n) is 6.15. The fourth-order valence-electron chi connectivity index (χ4n) is 4.34. The lowest BCUT2D eigenvalue weighted by Crippen LogP contribution is -3.10. The van der Waals surface area contributed by atoms with Crippen LogP contribution in [0.3, 0.4) is 0 Å². The Kier molecular flexibility index (Phi) is 8.54. The van der Waals surface area contributed by atoms with Gasteiger partial charge in [0.1, 0.15) is 25.7 Å². The highest BCUT2D eigenvalue weighted by Crippen LogP contribution is 2.24. The van der Waals surface area contributed by atoms with Crippen molar-refractivity contribution < 1.29 is 18.4 Å². The molecule has 0 aliphatic heterocycles. The maximum atomic E-state index is 13.6. The van der Waals surface area contributed by atoms with Crippen LogP contribution in [0.2, 0.25) is 0 Å². The first-order valence-corrected chi connectivity index (χ1v) is 13.6. The standard InChI is InChI=1S/C30H32N2O3S/c1-25-17-19-28(20-18-25)32(36(34,35)30-15-9-4-10-16-30)24-29(33)23-31(21-26-11-5-2-6-12-26)22-27-13-7-3-8-14-27/h2-20,29,33H,21-24H2,1H3/p+1. The van der Waals surface area contributed by atoms with Gasteiger partial charge in [0.15, 0.2) is 0 Å². The van der Waals surface area contributed by atoms with E-state index in [9.17, 15) is 13.5 Å². The number of rotatable bonds is 11. The van der Waals surface area contributed by atoms with Gasteiger partial charge in [0.2, 0.25) is 0 Å². The van der Waals surface area contributed by atoms with Crippen LogP contribution in [0.25, 0.3) is 0 Å². The van der Waals surface area contributed by atoms with Gasteiger partial charge in [-0.05, 0) is 31.2 Å². The largest absolute Gasteiger partial charge is 0.385 e. The lowest BCUT2D eigenvalue weighted by Gasteiger charge is -2.29. The molecule has 6 heteroatoms. The molecule has 5 nitrogen and oxygen atoms in total. The van der Waals surface area contributed by atoms with Crippen LogP contribution in [0.4, 0.5) is 5.69 Å². The zero-order chi connectivity index (χ0) is 25.4. The molecule has 0 bridgehead atoms. The van der Waals surface area contributed by atoms with Crippen molar-refractivity contribution in [2.24, 2.45) is 0 Å². The SMILES string of the molecule is Cc1ccc(N(CC(O)C[NH+](Cc2ccccc2)Cc2ccccc2)S(=O)(=O)c2ccccc2)cc1. The highest BCUT2D eigenvalue weighted by atomic mass is 32.2. The number of hydrogen-bond acceptors (Lipinski definition) is 3. The predicted octanol–water partition coefficient (Wildman–Crippen LogP) is 3.84. The molecule has 0 fully saturated rings. The number of nitrogens with zero attached hydrogens (tertiary/aromatic N) is 1. The van der Waals surface area contributed by atoms with E-state index in [4.69, 9.17) is 0 Å². The number of sulfonamides is 1. The normalized spacial score (nSPS) is 12.4. The second kappa shape index (κ2) is 12.0. The first kappa shape index (κ1) is 25.6. The van der Waals surface area contributed by atoms with Gasteiger partial charge in [-0.2, -0.15) is 0 Å². The Bertz CT molecular complexity index is 1270. The van der Waals surface area contributed by atoms with Crippen LogP contribution in [0.1, 0.15) is 16.7 Å². The Hall–Kier alpha value is -3.45. The highest BCUT2D eigenvalue weighted by molar-refractivity contribution is 7.92. The zero-order valence-corrected chi connectivity index (χ0v) is 21.3. The number of aliphatic hydroxyl groups is 1. The minimum Gasteiger partial charge on any atom is -0.385 e. The van der Waals surface area contributed by atoms with Crippen molar-refractivity contribution in [1.29, 1.82) is 0 Å². The highest BCUT2D eigenvalue weighted by Gasteiger charge is 2.29. The van der Waals surface area contributed by atoms with E-state index in [1.165, 1.54) is 15.4 Å². The third-order valence-corrected chi connectivity index (χ3v) is 7.96. The van der Waals surface area contributed by atoms with Crippen LogP contribution in [0.5, 0.6) is 0 Å². The van der Waals surface area contributed by atoms with E-state index in [0.29, 0.717) is 12.2 Å². The molecule has 2 N–H and O–H groups in total. The van der Waals surface area contributed by atoms with Crippen molar-refractivity contribution >= 4 is 15.7 Å². The van der Waals surface area contributed by atoms with Gasteiger partial charge in [-0.3, -0.25) is 4.31 Å². The summed E-state index contributed by atoms with van der Waals surface area (Å²) in [6.07, 6.45) is -0.868. The molecule has 36 heavy (non-hydrogen) atoms. The molecular formula is C30H33N2O3S+. The van der Waals surface area contributed by atoms with Crippen molar-refractivity contribution in [3.8, 4) is 0 Å². The van der Waals surface area contributed by atoms with Crippen LogP contribution < -0.4 is 9.21 Å². The Morgan fingerprint density at radius 1 is 0.722 bits per heavy atom. The maximum Gasteiger partial charge on any atom is 0.264 e. The van der Waals surface area contributed by atoms with Crippen LogP contribution >= 0.6 is 0 Å². The summed E-state index contributed by atoms with van der Waals surface area (Å²) in [5.41, 5.74) is 3.92. The van der Waals surface area contributed by atoms with Crippen molar-refractivity contribution in [3.63, 3.8) is 0 Å². The Morgan fingerprint density at radius 3 is 1.69 bits per heavy atom. The average molecular weight is 502 g/mol. The molecule has 0 aliphatic carbocycles. The molecule has 4 aromatic carbocycles. The number of nitrogens with one attached hydrogen (secondary N) is 1. The number of hydrogen-bond donors (Lipinski definition) is 2. The van der Waals surface area contributed by atoms with E-state index >= 15 is 0 Å². The summed E-state index contributed by atoms with van der Waals surface area (Å²) >= 11 is 0. The Labute approximate surface area is 214 Å². The molecular weight excluding hydrogens is 468 g/mol. The molecule has 0 spiro atoms. The summed E-state index contributed by atoms with van der Waals surface area (Å²) in [4.78, 5) is 1.36. The predicted molar refractivity (Wildman–Crippen MR) is 144 cm³/mol. The molecule has 0 radical (unpaired) electrons. The number of aryl methyl sites for hydroxylation is 1. The van der Waals surface area contributed by atoms with Gasteiger partial charge in [-0.1, -0.05) is 96.6 Å². The fraction of sp³-hybridized carbons (Fsp3) is 0.200. The quantitative estimate of drug-likeness (QED) is 0.328. The second-order valence-corrected chi connectivity index (χ2v) is 11.0. The molecule has 0 heterocycles. The molecule has 0 aliphatic rings. The molecule has 0 saturated heterocycles. The van der Waals surface area contributed by atoms with Crippen LogP contribution in [0, 0.1) is 6.92 Å². The van der Waals surface area contributed by atoms with Crippen LogP contribution in [-0.2, 0) is 23.1 Å². The summed E-state index contributed by atoms with van der Waals surface area (Å²) < 4.78 is 28.6. The zero-order valence-electron chi connectivity index (χ0n) is 20.5. The topological polar surface area (TPSA) is 62.1 Å². The Balaban J connectivity index is 1.58. The number of quaternary nitrogens is 1. The summed E-state index contributed by atoms with van der Waals surface area (Å²) in [5.74, 6) is 0. The minimum atomic E-state index is -3.85. The first-order chi connectivity index (χ1) is 17.4. The molecule has 186 valence electrons. The molecule has 4 aromatic rings. The van der Waals surface area contributed by atoms with Gasteiger partial charge in [-0.25, -0.2) is 8.42 Å². The molecule has 4 rings (SSSR count). The van der Waals surface area contributed by atoms with E-state index in [1.54, 1.807) is 42.5 Å². The molecule has 0 saturated carbocycles. The first-order valence-electron chi connectivity index (χ1n) is 12.2. The van der Waals surface area contributed by atoms with Crippen LogP contribution in [-0.4, -0.2) is 32.7 Å². The number of aliphatic hydroxyl groups excluding tert-OH is 1. The summed E-state index contributed by atoms with van der Waals surface area (Å²) in [7, 11) is -3.85.